The van der Waals surface area contributed by atoms with Gasteiger partial charge in [0.2, 0.25) is 11.9 Å². The number of aliphatic hydroxyl groups is 1. The molecule has 1 fully saturated rings. The Kier molecular flexibility index (Phi) is 11.4. The summed E-state index contributed by atoms with van der Waals surface area (Å²) < 4.78 is 27.3. The van der Waals surface area contributed by atoms with Gasteiger partial charge < -0.3 is 34.2 Å². The van der Waals surface area contributed by atoms with Crippen LogP contribution in [0.4, 0.5) is 11.9 Å². The van der Waals surface area contributed by atoms with Crippen molar-refractivity contribution in [1.29, 1.82) is 0 Å². The molecule has 0 bridgehead atoms. The largest absolute Gasteiger partial charge is 0.497 e. The number of anilines is 1. The van der Waals surface area contributed by atoms with Crippen LogP contribution in [0.5, 0.6) is 11.5 Å². The Morgan fingerprint density at radius 3 is 2.21 bits per heavy atom. The highest BCUT2D eigenvalue weighted by atomic mass is 16.6. The molecule has 0 aliphatic carbocycles. The number of aromatic amines is 1. The van der Waals surface area contributed by atoms with Gasteiger partial charge in [0.05, 0.1) is 40.3 Å². The zero-order valence-corrected chi connectivity index (χ0v) is 32.6. The van der Waals surface area contributed by atoms with Crippen LogP contribution in [0.1, 0.15) is 48.9 Å². The van der Waals surface area contributed by atoms with Crippen molar-refractivity contribution in [2.45, 2.75) is 50.7 Å². The lowest BCUT2D eigenvalue weighted by Gasteiger charge is -2.37. The molecule has 1 amide bonds. The van der Waals surface area contributed by atoms with Gasteiger partial charge in [-0.1, -0.05) is 73.4 Å². The Hall–Kier alpha value is -6.43. The minimum absolute atomic E-state index is 0.0165. The lowest BCUT2D eigenvalue weighted by molar-refractivity contribution is -0.396. The SMILES string of the molecule is COc1ccc(C(OC[C@H]2O[C@@H](n3cnc4c(=O)[nH]c(N(CCc5cnc([N+](=O)[O-])n5C)C(=O)C(C)C)nc43)C[C@@H]2O)(c2ccccc2)c2ccc(OC)cc2)cc1. The van der Waals surface area contributed by atoms with Crippen LogP contribution in [0.3, 0.4) is 0 Å². The second kappa shape index (κ2) is 16.6. The van der Waals surface area contributed by atoms with Crippen LogP contribution in [0.15, 0.2) is 96.2 Å². The molecule has 58 heavy (non-hydrogen) atoms. The number of nitrogens with zero attached hydrogens (tertiary/aromatic N) is 7. The average Bonchev–Trinajstić information content (AvgIpc) is 3.95. The standard InChI is InChI=1S/C41H44N8O9/c1-25(2)38(52)47(20-19-29-22-42-40(46(29)3)49(53)54)39-44-36-35(37(51)45-39)43-24-48(36)34-21-32(50)33(58-34)23-57-41(26-9-7-6-8-10-26,27-11-15-30(55-4)16-12-27)28-13-17-31(56-5)18-14-28/h6-18,22,24-25,32-34,50H,19-21,23H2,1-5H3,(H,44,45,51)/t32-,33+,34+/m0/s1. The molecule has 0 radical (unpaired) electrons. The number of benzene rings is 3. The van der Waals surface area contributed by atoms with Crippen molar-refractivity contribution in [3.8, 4) is 11.5 Å². The number of aromatic nitrogens is 6. The summed E-state index contributed by atoms with van der Waals surface area (Å²) >= 11 is 0. The van der Waals surface area contributed by atoms with Crippen molar-refractivity contribution in [1.82, 2.24) is 29.1 Å². The van der Waals surface area contributed by atoms with E-state index in [1.165, 1.54) is 29.0 Å². The highest BCUT2D eigenvalue weighted by molar-refractivity contribution is 5.93. The molecule has 6 aromatic rings. The van der Waals surface area contributed by atoms with Gasteiger partial charge in [-0.15, -0.1) is 0 Å². The van der Waals surface area contributed by atoms with Gasteiger partial charge in [0, 0.05) is 25.3 Å². The number of amides is 1. The van der Waals surface area contributed by atoms with E-state index in [1.54, 1.807) is 32.6 Å². The number of hydrogen-bond donors (Lipinski definition) is 2. The summed E-state index contributed by atoms with van der Waals surface area (Å²) in [6, 6.07) is 25.0. The molecule has 1 aliphatic rings. The first kappa shape index (κ1) is 39.8. The molecule has 2 N–H and O–H groups in total. The number of hydrogen-bond acceptors (Lipinski definition) is 12. The Morgan fingerprint density at radius 2 is 1.64 bits per heavy atom. The Morgan fingerprint density at radius 1 is 1.02 bits per heavy atom. The van der Waals surface area contributed by atoms with Crippen LogP contribution < -0.4 is 19.9 Å². The van der Waals surface area contributed by atoms with Gasteiger partial charge in [-0.2, -0.15) is 4.98 Å². The van der Waals surface area contributed by atoms with Crippen LogP contribution in [0.2, 0.25) is 0 Å². The van der Waals surface area contributed by atoms with Gasteiger partial charge >= 0.3 is 5.95 Å². The first-order chi connectivity index (χ1) is 27.9. The molecular weight excluding hydrogens is 748 g/mol. The minimum atomic E-state index is -1.15. The van der Waals surface area contributed by atoms with E-state index in [-0.39, 0.29) is 55.0 Å². The molecule has 0 unspecified atom stereocenters. The smallest absolute Gasteiger partial charge is 0.434 e. The van der Waals surface area contributed by atoms with Crippen molar-refractivity contribution in [3.05, 3.63) is 134 Å². The lowest BCUT2D eigenvalue weighted by atomic mass is 9.80. The van der Waals surface area contributed by atoms with Gasteiger partial charge in [-0.25, -0.2) is 9.55 Å². The third-order valence-electron chi connectivity index (χ3n) is 10.4. The summed E-state index contributed by atoms with van der Waals surface area (Å²) in [6.07, 6.45) is 0.522. The second-order valence-electron chi connectivity index (χ2n) is 14.2. The van der Waals surface area contributed by atoms with E-state index in [2.05, 4.69) is 15.0 Å². The maximum absolute atomic E-state index is 13.5. The number of rotatable bonds is 15. The quantitative estimate of drug-likeness (QED) is 0.0828. The van der Waals surface area contributed by atoms with Crippen molar-refractivity contribution in [3.63, 3.8) is 0 Å². The number of carbonyl (C=O) groups excluding carboxylic acids is 1. The fourth-order valence-electron chi connectivity index (χ4n) is 7.26. The Bertz CT molecular complexity index is 2400. The number of nitro groups is 1. The van der Waals surface area contributed by atoms with Gasteiger partial charge in [0.1, 0.15) is 41.3 Å². The lowest BCUT2D eigenvalue weighted by Crippen LogP contribution is -2.38. The number of aliphatic hydroxyl groups excluding tert-OH is 1. The van der Waals surface area contributed by atoms with Gasteiger partial charge in [-0.05, 0) is 45.9 Å². The van der Waals surface area contributed by atoms with Gasteiger partial charge in [-0.3, -0.25) is 24.0 Å². The van der Waals surface area contributed by atoms with Gasteiger partial charge in [0.25, 0.3) is 5.56 Å². The molecule has 3 aromatic heterocycles. The third-order valence-corrected chi connectivity index (χ3v) is 10.4. The van der Waals surface area contributed by atoms with E-state index < -0.39 is 40.4 Å². The fourth-order valence-corrected chi connectivity index (χ4v) is 7.26. The van der Waals surface area contributed by atoms with Crippen molar-refractivity contribution in [2.24, 2.45) is 13.0 Å². The number of fused-ring (bicyclic) bond motifs is 1. The molecule has 7 rings (SSSR count). The topological polar surface area (TPSA) is 202 Å². The number of nitrogens with one attached hydrogen (secondary N) is 1. The second-order valence-corrected chi connectivity index (χ2v) is 14.2. The van der Waals surface area contributed by atoms with Crippen LogP contribution in [0.25, 0.3) is 11.2 Å². The average molecular weight is 793 g/mol. The molecule has 3 aromatic carbocycles. The van der Waals surface area contributed by atoms with Crippen LogP contribution in [-0.2, 0) is 33.3 Å². The Balaban J connectivity index is 1.19. The highest BCUT2D eigenvalue weighted by Crippen LogP contribution is 2.43. The maximum Gasteiger partial charge on any atom is 0.434 e. The summed E-state index contributed by atoms with van der Waals surface area (Å²) in [5.74, 6) is 0.197. The number of imidazole rings is 2. The van der Waals surface area contributed by atoms with E-state index in [4.69, 9.17) is 23.9 Å². The number of carbonyl (C=O) groups is 1. The maximum atomic E-state index is 13.5. The molecule has 1 saturated heterocycles. The zero-order chi connectivity index (χ0) is 41.1. The molecule has 0 saturated carbocycles. The first-order valence-electron chi connectivity index (χ1n) is 18.7. The van der Waals surface area contributed by atoms with Crippen molar-refractivity contribution >= 4 is 29.0 Å². The van der Waals surface area contributed by atoms with E-state index >= 15 is 0 Å². The predicted octanol–water partition coefficient (Wildman–Crippen LogP) is 4.67. The molecule has 17 heteroatoms. The van der Waals surface area contributed by atoms with Crippen LogP contribution in [0, 0.1) is 16.0 Å². The molecule has 302 valence electrons. The minimum Gasteiger partial charge on any atom is -0.497 e. The summed E-state index contributed by atoms with van der Waals surface area (Å²) in [6.45, 7) is 3.44. The van der Waals surface area contributed by atoms with E-state index in [0.717, 1.165) is 16.7 Å². The van der Waals surface area contributed by atoms with E-state index in [9.17, 15) is 24.8 Å². The monoisotopic (exact) mass is 792 g/mol. The first-order valence-corrected chi connectivity index (χ1v) is 18.7. The molecule has 3 atom stereocenters. The van der Waals surface area contributed by atoms with E-state index in [0.29, 0.717) is 17.2 Å². The molecule has 17 nitrogen and oxygen atoms in total. The number of H-pyrrole nitrogens is 1. The normalized spacial score (nSPS) is 16.8. The van der Waals surface area contributed by atoms with Gasteiger partial charge in [0.15, 0.2) is 11.2 Å². The molecule has 4 heterocycles. The molecule has 1 aliphatic heterocycles. The van der Waals surface area contributed by atoms with E-state index in [1.807, 2.05) is 78.9 Å². The van der Waals surface area contributed by atoms with Crippen LogP contribution in [-0.4, -0.2) is 84.6 Å². The zero-order valence-electron chi connectivity index (χ0n) is 32.6. The number of ether oxygens (including phenoxy) is 4. The predicted molar refractivity (Wildman–Crippen MR) is 212 cm³/mol. The fraction of sp³-hybridized carbons (Fsp3) is 0.341. The third kappa shape index (κ3) is 7.54. The molecular formula is C41H44N8O9. The highest BCUT2D eigenvalue weighted by Gasteiger charge is 2.42. The molecule has 0 spiro atoms. The summed E-state index contributed by atoms with van der Waals surface area (Å²) in [5, 5.41) is 22.8. The summed E-state index contributed by atoms with van der Waals surface area (Å²) in [5.41, 5.74) is 1.40. The van der Waals surface area contributed by atoms with Crippen molar-refractivity contribution in [2.75, 3.05) is 32.3 Å². The van der Waals surface area contributed by atoms with Crippen molar-refractivity contribution < 1.29 is 33.8 Å². The summed E-state index contributed by atoms with van der Waals surface area (Å²) in [4.78, 5) is 54.6. The number of methoxy groups -OCH3 is 2. The Labute approximate surface area is 333 Å². The van der Waals surface area contributed by atoms with Crippen LogP contribution >= 0.6 is 0 Å². The summed E-state index contributed by atoms with van der Waals surface area (Å²) in [7, 11) is 4.73.